The third-order valence-electron chi connectivity index (χ3n) is 4.78. The molecule has 0 saturated carbocycles. The normalized spacial score (nSPS) is 10.8. The van der Waals surface area contributed by atoms with E-state index < -0.39 is 0 Å². The van der Waals surface area contributed by atoms with Crippen molar-refractivity contribution in [2.75, 3.05) is 5.32 Å². The summed E-state index contributed by atoms with van der Waals surface area (Å²) >= 11 is 6.14. The molecule has 0 aliphatic rings. The summed E-state index contributed by atoms with van der Waals surface area (Å²) in [6, 6.07) is 14.1. The molecule has 0 saturated heterocycles. The van der Waals surface area contributed by atoms with Crippen molar-refractivity contribution in [2.45, 2.75) is 6.42 Å². The number of pyridine rings is 1. The number of rotatable bonds is 5. The highest BCUT2D eigenvalue weighted by molar-refractivity contribution is 6.31. The van der Waals surface area contributed by atoms with Crippen molar-refractivity contribution in [3.05, 3.63) is 83.4 Å². The maximum atomic E-state index is 13.4. The van der Waals surface area contributed by atoms with Crippen LogP contribution in [0.25, 0.3) is 22.4 Å². The van der Waals surface area contributed by atoms with Gasteiger partial charge in [-0.15, -0.1) is 0 Å². The zero-order chi connectivity index (χ0) is 22.0. The van der Waals surface area contributed by atoms with Crippen molar-refractivity contribution in [3.63, 3.8) is 0 Å². The molecule has 2 aromatic carbocycles. The predicted molar refractivity (Wildman–Crippen MR) is 117 cm³/mol. The Kier molecular flexibility index (Phi) is 5.68. The summed E-state index contributed by atoms with van der Waals surface area (Å²) < 4.78 is 15.0. The monoisotopic (exact) mass is 436 g/mol. The van der Waals surface area contributed by atoms with Gasteiger partial charge >= 0.3 is 0 Å². The molecule has 6 nitrogen and oxygen atoms in total. The predicted octanol–water partition coefficient (Wildman–Crippen LogP) is 4.83. The molecule has 0 fully saturated rings. The first-order valence-corrected chi connectivity index (χ1v) is 9.81. The number of carbonyl (C=O) groups excluding carboxylic acids is 1. The number of amides is 1. The SMILES string of the molecule is Cn1nc(-c2ccc(F)cc2)c(-c2ccncc2)c1NC(=O)Cc1ccc(O)cc1Cl. The van der Waals surface area contributed by atoms with Gasteiger partial charge in [-0.3, -0.25) is 14.5 Å². The Balaban J connectivity index is 1.73. The number of aromatic hydroxyl groups is 1. The molecule has 4 aromatic rings. The minimum atomic E-state index is -0.343. The quantitative estimate of drug-likeness (QED) is 0.469. The number of phenols is 1. The van der Waals surface area contributed by atoms with Crippen LogP contribution in [0.2, 0.25) is 5.02 Å². The van der Waals surface area contributed by atoms with Gasteiger partial charge in [0, 0.05) is 30.0 Å². The number of nitrogens with zero attached hydrogens (tertiary/aromatic N) is 3. The van der Waals surface area contributed by atoms with Gasteiger partial charge in [0.15, 0.2) is 0 Å². The van der Waals surface area contributed by atoms with Crippen LogP contribution in [0.4, 0.5) is 10.2 Å². The maximum absolute atomic E-state index is 13.4. The molecule has 0 unspecified atom stereocenters. The van der Waals surface area contributed by atoms with Crippen LogP contribution in [0.3, 0.4) is 0 Å². The van der Waals surface area contributed by atoms with Crippen molar-refractivity contribution in [1.82, 2.24) is 14.8 Å². The van der Waals surface area contributed by atoms with Gasteiger partial charge in [0.2, 0.25) is 5.91 Å². The van der Waals surface area contributed by atoms with Crippen LogP contribution in [0.1, 0.15) is 5.56 Å². The van der Waals surface area contributed by atoms with Gasteiger partial charge in [-0.05, 0) is 59.7 Å². The van der Waals surface area contributed by atoms with E-state index in [-0.39, 0.29) is 23.9 Å². The summed E-state index contributed by atoms with van der Waals surface area (Å²) in [4.78, 5) is 16.9. The Morgan fingerprint density at radius 3 is 2.48 bits per heavy atom. The van der Waals surface area contributed by atoms with E-state index in [1.807, 2.05) is 12.1 Å². The number of aromatic nitrogens is 3. The molecule has 0 atom stereocenters. The third-order valence-corrected chi connectivity index (χ3v) is 5.13. The number of aryl methyl sites for hydroxylation is 1. The lowest BCUT2D eigenvalue weighted by atomic mass is 10.0. The van der Waals surface area contributed by atoms with Gasteiger partial charge in [0.1, 0.15) is 23.1 Å². The molecule has 0 radical (unpaired) electrons. The lowest BCUT2D eigenvalue weighted by Gasteiger charge is -2.10. The molecular weight excluding hydrogens is 419 g/mol. The minimum Gasteiger partial charge on any atom is -0.508 e. The van der Waals surface area contributed by atoms with Gasteiger partial charge in [0.25, 0.3) is 0 Å². The second-order valence-electron chi connectivity index (χ2n) is 6.94. The molecule has 0 spiro atoms. The number of hydrogen-bond acceptors (Lipinski definition) is 4. The maximum Gasteiger partial charge on any atom is 0.230 e. The molecule has 156 valence electrons. The number of hydrogen-bond donors (Lipinski definition) is 2. The lowest BCUT2D eigenvalue weighted by Crippen LogP contribution is -2.17. The molecule has 0 bridgehead atoms. The Hall–Kier alpha value is -3.71. The number of phenolic OH excluding ortho intramolecular Hbond substituents is 1. The van der Waals surface area contributed by atoms with Crippen molar-refractivity contribution in [2.24, 2.45) is 7.05 Å². The van der Waals surface area contributed by atoms with Crippen LogP contribution in [-0.4, -0.2) is 25.8 Å². The van der Waals surface area contributed by atoms with Crippen LogP contribution < -0.4 is 5.32 Å². The lowest BCUT2D eigenvalue weighted by molar-refractivity contribution is -0.115. The van der Waals surface area contributed by atoms with Crippen LogP contribution in [-0.2, 0) is 18.3 Å². The van der Waals surface area contributed by atoms with Gasteiger partial charge in [-0.2, -0.15) is 5.10 Å². The minimum absolute atomic E-state index is 0.0198. The van der Waals surface area contributed by atoms with Crippen molar-refractivity contribution in [3.8, 4) is 28.1 Å². The average Bonchev–Trinajstić information content (AvgIpc) is 3.07. The topological polar surface area (TPSA) is 80.0 Å². The fourth-order valence-corrected chi connectivity index (χ4v) is 3.54. The molecule has 8 heteroatoms. The molecule has 0 aliphatic carbocycles. The summed E-state index contributed by atoms with van der Waals surface area (Å²) in [7, 11) is 1.72. The van der Waals surface area contributed by atoms with Crippen LogP contribution in [0, 0.1) is 5.82 Å². The zero-order valence-corrected chi connectivity index (χ0v) is 17.3. The summed E-state index contributed by atoms with van der Waals surface area (Å²) in [5.41, 5.74) is 3.41. The van der Waals surface area contributed by atoms with E-state index >= 15 is 0 Å². The van der Waals surface area contributed by atoms with Gasteiger partial charge in [0.05, 0.1) is 12.0 Å². The molecule has 2 heterocycles. The third kappa shape index (κ3) is 4.41. The van der Waals surface area contributed by atoms with E-state index in [2.05, 4.69) is 15.4 Å². The number of nitrogens with one attached hydrogen (secondary N) is 1. The Bertz CT molecular complexity index is 1240. The zero-order valence-electron chi connectivity index (χ0n) is 16.5. The van der Waals surface area contributed by atoms with E-state index in [1.54, 1.807) is 42.3 Å². The molecule has 1 amide bonds. The van der Waals surface area contributed by atoms with Crippen LogP contribution >= 0.6 is 11.6 Å². The first-order valence-electron chi connectivity index (χ1n) is 9.43. The summed E-state index contributed by atoms with van der Waals surface area (Å²) in [6.07, 6.45) is 3.32. The Morgan fingerprint density at radius 1 is 1.10 bits per heavy atom. The standard InChI is InChI=1S/C23H18ClFN4O2/c1-29-23(27-20(31)12-16-4-7-18(30)13-19(16)24)21(14-8-10-26-11-9-14)22(28-29)15-2-5-17(25)6-3-15/h2-11,13,30H,12H2,1H3,(H,27,31). The smallest absolute Gasteiger partial charge is 0.230 e. The first kappa shape index (κ1) is 20.6. The molecule has 2 N–H and O–H groups in total. The molecule has 31 heavy (non-hydrogen) atoms. The van der Waals surface area contributed by atoms with E-state index in [9.17, 15) is 14.3 Å². The van der Waals surface area contributed by atoms with Gasteiger partial charge in [-0.25, -0.2) is 4.39 Å². The average molecular weight is 437 g/mol. The Labute approximate surface area is 182 Å². The number of benzene rings is 2. The molecule has 0 aliphatic heterocycles. The van der Waals surface area contributed by atoms with Crippen LogP contribution in [0.15, 0.2) is 67.0 Å². The highest BCUT2D eigenvalue weighted by atomic mass is 35.5. The van der Waals surface area contributed by atoms with Crippen molar-refractivity contribution < 1.29 is 14.3 Å². The van der Waals surface area contributed by atoms with E-state index in [0.29, 0.717) is 33.2 Å². The van der Waals surface area contributed by atoms with E-state index in [1.165, 1.54) is 24.3 Å². The molecule has 2 aromatic heterocycles. The van der Waals surface area contributed by atoms with Crippen LogP contribution in [0.5, 0.6) is 5.75 Å². The number of halogens is 2. The van der Waals surface area contributed by atoms with Crippen molar-refractivity contribution in [1.29, 1.82) is 0 Å². The summed E-state index contributed by atoms with van der Waals surface area (Å²) in [5, 5.41) is 17.3. The molecule has 4 rings (SSSR count). The fourth-order valence-electron chi connectivity index (χ4n) is 3.30. The second kappa shape index (κ2) is 8.57. The van der Waals surface area contributed by atoms with Gasteiger partial charge < -0.3 is 10.4 Å². The second-order valence-corrected chi connectivity index (χ2v) is 7.35. The molecular formula is C23H18ClFN4O2. The van der Waals surface area contributed by atoms with Gasteiger partial charge in [-0.1, -0.05) is 17.7 Å². The summed E-state index contributed by atoms with van der Waals surface area (Å²) in [5.74, 6) is -0.115. The largest absolute Gasteiger partial charge is 0.508 e. The highest BCUT2D eigenvalue weighted by Gasteiger charge is 2.21. The Morgan fingerprint density at radius 2 is 1.81 bits per heavy atom. The highest BCUT2D eigenvalue weighted by Crippen LogP contribution is 2.37. The van der Waals surface area contributed by atoms with Crippen molar-refractivity contribution >= 4 is 23.3 Å². The number of anilines is 1. The van der Waals surface area contributed by atoms with E-state index in [0.717, 1.165) is 5.56 Å². The first-order chi connectivity index (χ1) is 14.9. The van der Waals surface area contributed by atoms with E-state index in [4.69, 9.17) is 11.6 Å². The fraction of sp³-hybridized carbons (Fsp3) is 0.0870. The summed E-state index contributed by atoms with van der Waals surface area (Å²) in [6.45, 7) is 0. The number of carbonyl (C=O) groups is 1.